The van der Waals surface area contributed by atoms with Crippen molar-refractivity contribution in [1.29, 1.82) is 0 Å². The quantitative estimate of drug-likeness (QED) is 0.351. The van der Waals surface area contributed by atoms with Gasteiger partial charge in [0.25, 0.3) is 0 Å². The summed E-state index contributed by atoms with van der Waals surface area (Å²) in [6.45, 7) is 3.09. The van der Waals surface area contributed by atoms with Gasteiger partial charge in [-0.15, -0.1) is 0 Å². The molecular weight excluding hydrogens is 466 g/mol. The van der Waals surface area contributed by atoms with Crippen molar-refractivity contribution in [3.63, 3.8) is 0 Å². The monoisotopic (exact) mass is 497 g/mol. The molecule has 2 fully saturated rings. The number of benzene rings is 3. The standard InChI is InChI=1S/C30H31N3O4/c34-28(30(13-14-30)23-11-12-27-25(18-23)32-29(35)37-27)31-19-26(33-15-4-5-16-33)22-9-6-10-24(17-22)36-20-21-7-2-1-3-8-21/h1-3,6-12,17-18,26H,4-5,13-16,19-20H2,(H,31,34)(H,32,35). The third-order valence-corrected chi connectivity index (χ3v) is 7.68. The summed E-state index contributed by atoms with van der Waals surface area (Å²) in [5.41, 5.74) is 3.79. The van der Waals surface area contributed by atoms with Gasteiger partial charge in [-0.2, -0.15) is 0 Å². The van der Waals surface area contributed by atoms with Crippen molar-refractivity contribution < 1.29 is 13.9 Å². The van der Waals surface area contributed by atoms with Crippen LogP contribution in [0.3, 0.4) is 0 Å². The highest BCUT2D eigenvalue weighted by Crippen LogP contribution is 2.49. The first-order valence-electron chi connectivity index (χ1n) is 13.0. The summed E-state index contributed by atoms with van der Waals surface area (Å²) in [7, 11) is 0. The number of aromatic amines is 1. The fraction of sp³-hybridized carbons (Fsp3) is 0.333. The van der Waals surface area contributed by atoms with Crippen molar-refractivity contribution in [2.75, 3.05) is 19.6 Å². The number of hydrogen-bond donors (Lipinski definition) is 2. The number of oxazole rings is 1. The van der Waals surface area contributed by atoms with Crippen molar-refractivity contribution >= 4 is 17.0 Å². The van der Waals surface area contributed by atoms with Crippen molar-refractivity contribution in [1.82, 2.24) is 15.2 Å². The maximum atomic E-state index is 13.5. The van der Waals surface area contributed by atoms with E-state index < -0.39 is 11.2 Å². The minimum atomic E-state index is -0.543. The van der Waals surface area contributed by atoms with Crippen LogP contribution in [0, 0.1) is 0 Å². The Morgan fingerprint density at radius 2 is 1.84 bits per heavy atom. The molecule has 0 spiro atoms. The Balaban J connectivity index is 1.18. The van der Waals surface area contributed by atoms with Gasteiger partial charge in [0.1, 0.15) is 12.4 Å². The van der Waals surface area contributed by atoms with Crippen LogP contribution in [0.25, 0.3) is 11.1 Å². The summed E-state index contributed by atoms with van der Waals surface area (Å²) < 4.78 is 11.2. The first-order chi connectivity index (χ1) is 18.1. The van der Waals surface area contributed by atoms with Gasteiger partial charge in [-0.05, 0) is 79.7 Å². The van der Waals surface area contributed by atoms with Crippen molar-refractivity contribution in [2.24, 2.45) is 0 Å². The molecule has 1 aliphatic carbocycles. The molecule has 7 heteroatoms. The van der Waals surface area contributed by atoms with Gasteiger partial charge in [0.05, 0.1) is 17.0 Å². The number of H-pyrrole nitrogens is 1. The number of hydrogen-bond acceptors (Lipinski definition) is 5. The Kier molecular flexibility index (Phi) is 6.30. The minimum Gasteiger partial charge on any atom is -0.489 e. The molecule has 0 radical (unpaired) electrons. The topological polar surface area (TPSA) is 87.6 Å². The van der Waals surface area contributed by atoms with Crippen LogP contribution in [0.4, 0.5) is 0 Å². The molecule has 190 valence electrons. The van der Waals surface area contributed by atoms with E-state index in [-0.39, 0.29) is 11.9 Å². The molecule has 1 aromatic heterocycles. The smallest absolute Gasteiger partial charge is 0.417 e. The van der Waals surface area contributed by atoms with Gasteiger partial charge < -0.3 is 14.5 Å². The Hall–Kier alpha value is -3.84. The fourth-order valence-corrected chi connectivity index (χ4v) is 5.44. The van der Waals surface area contributed by atoms with Crippen LogP contribution in [-0.4, -0.2) is 35.4 Å². The Bertz CT molecular complexity index is 1450. The number of fused-ring (bicyclic) bond motifs is 1. The molecule has 0 bridgehead atoms. The lowest BCUT2D eigenvalue weighted by Crippen LogP contribution is -2.41. The van der Waals surface area contributed by atoms with E-state index in [1.807, 2.05) is 42.5 Å². The van der Waals surface area contributed by atoms with Gasteiger partial charge in [0.2, 0.25) is 5.91 Å². The summed E-state index contributed by atoms with van der Waals surface area (Å²) in [6.07, 6.45) is 3.93. The zero-order valence-electron chi connectivity index (χ0n) is 20.7. The van der Waals surface area contributed by atoms with Crippen LogP contribution in [-0.2, 0) is 16.8 Å². The van der Waals surface area contributed by atoms with E-state index in [1.54, 1.807) is 6.07 Å². The number of aromatic nitrogens is 1. The van der Waals surface area contributed by atoms with E-state index in [0.717, 1.165) is 48.4 Å². The third kappa shape index (κ3) is 4.91. The van der Waals surface area contributed by atoms with Crippen LogP contribution in [0.2, 0.25) is 0 Å². The van der Waals surface area contributed by atoms with Gasteiger partial charge in [-0.25, -0.2) is 4.79 Å². The normalized spacial score (nSPS) is 17.5. The molecule has 2 heterocycles. The minimum absolute atomic E-state index is 0.0402. The molecule has 37 heavy (non-hydrogen) atoms. The second-order valence-corrected chi connectivity index (χ2v) is 10.1. The summed E-state index contributed by atoms with van der Waals surface area (Å²) in [5.74, 6) is 0.390. The van der Waals surface area contributed by atoms with E-state index in [0.29, 0.717) is 24.3 Å². The number of nitrogens with one attached hydrogen (secondary N) is 2. The highest BCUT2D eigenvalue weighted by atomic mass is 16.5. The predicted octanol–water partition coefficient (Wildman–Crippen LogP) is 4.69. The number of amides is 1. The van der Waals surface area contributed by atoms with Crippen molar-refractivity contribution in [3.05, 3.63) is 100 Å². The maximum Gasteiger partial charge on any atom is 0.417 e. The molecule has 6 rings (SSSR count). The maximum absolute atomic E-state index is 13.5. The van der Waals surface area contributed by atoms with Crippen LogP contribution in [0.1, 0.15) is 48.4 Å². The fourth-order valence-electron chi connectivity index (χ4n) is 5.44. The zero-order valence-corrected chi connectivity index (χ0v) is 20.7. The zero-order chi connectivity index (χ0) is 25.2. The second kappa shape index (κ2) is 9.90. The SMILES string of the molecule is O=C(NCC(c1cccc(OCc2ccccc2)c1)N1CCCC1)C1(c2ccc3oc(=O)[nH]c3c2)CC1. The molecule has 4 aromatic rings. The first-order valence-corrected chi connectivity index (χ1v) is 13.0. The number of ether oxygens (including phenoxy) is 1. The summed E-state index contributed by atoms with van der Waals surface area (Å²) in [4.78, 5) is 30.2. The van der Waals surface area contributed by atoms with Crippen molar-refractivity contribution in [3.8, 4) is 5.75 Å². The number of nitrogens with zero attached hydrogens (tertiary/aromatic N) is 1. The number of carbonyl (C=O) groups is 1. The van der Waals surface area contributed by atoms with E-state index in [4.69, 9.17) is 9.15 Å². The van der Waals surface area contributed by atoms with Crippen LogP contribution >= 0.6 is 0 Å². The second-order valence-electron chi connectivity index (χ2n) is 10.1. The Morgan fingerprint density at radius 3 is 2.62 bits per heavy atom. The van der Waals surface area contributed by atoms with E-state index in [1.165, 1.54) is 12.8 Å². The lowest BCUT2D eigenvalue weighted by molar-refractivity contribution is -0.123. The summed E-state index contributed by atoms with van der Waals surface area (Å²) in [6, 6.07) is 24.0. The molecule has 7 nitrogen and oxygen atoms in total. The van der Waals surface area contributed by atoms with Crippen LogP contribution < -0.4 is 15.8 Å². The molecule has 3 aromatic carbocycles. The molecular formula is C30H31N3O4. The molecule has 1 unspecified atom stereocenters. The molecule has 1 atom stereocenters. The third-order valence-electron chi connectivity index (χ3n) is 7.68. The average molecular weight is 498 g/mol. The molecule has 1 saturated carbocycles. The number of likely N-dealkylation sites (tertiary alicyclic amines) is 1. The molecule has 1 aliphatic heterocycles. The van der Waals surface area contributed by atoms with Gasteiger partial charge in [0.15, 0.2) is 5.58 Å². The molecule has 1 saturated heterocycles. The largest absolute Gasteiger partial charge is 0.489 e. The summed E-state index contributed by atoms with van der Waals surface area (Å²) in [5, 5.41) is 3.27. The Labute approximate surface area is 215 Å². The van der Waals surface area contributed by atoms with Gasteiger partial charge in [0, 0.05) is 6.54 Å². The number of carbonyl (C=O) groups excluding carboxylic acids is 1. The Morgan fingerprint density at radius 1 is 1.03 bits per heavy atom. The van der Waals surface area contributed by atoms with Gasteiger partial charge >= 0.3 is 5.76 Å². The lowest BCUT2D eigenvalue weighted by atomic mass is 9.94. The average Bonchev–Trinajstić information content (AvgIpc) is 3.38. The van der Waals surface area contributed by atoms with Crippen LogP contribution in [0.5, 0.6) is 5.75 Å². The number of rotatable bonds is 9. The highest BCUT2D eigenvalue weighted by Gasteiger charge is 2.51. The first kappa shape index (κ1) is 23.6. The van der Waals surface area contributed by atoms with Crippen molar-refractivity contribution in [2.45, 2.75) is 43.7 Å². The molecule has 1 amide bonds. The molecule has 2 aliphatic rings. The van der Waals surface area contributed by atoms with Gasteiger partial charge in [-0.3, -0.25) is 14.7 Å². The summed E-state index contributed by atoms with van der Waals surface area (Å²) >= 11 is 0. The predicted molar refractivity (Wildman–Crippen MR) is 142 cm³/mol. The highest BCUT2D eigenvalue weighted by molar-refractivity contribution is 5.92. The molecule has 2 N–H and O–H groups in total. The lowest BCUT2D eigenvalue weighted by Gasteiger charge is -2.29. The van der Waals surface area contributed by atoms with E-state index >= 15 is 0 Å². The van der Waals surface area contributed by atoms with E-state index in [2.05, 4.69) is 39.5 Å². The van der Waals surface area contributed by atoms with E-state index in [9.17, 15) is 9.59 Å². The van der Waals surface area contributed by atoms with Gasteiger partial charge in [-0.1, -0.05) is 48.5 Å². The van der Waals surface area contributed by atoms with Crippen LogP contribution in [0.15, 0.2) is 82.0 Å².